The fourth-order valence-electron chi connectivity index (χ4n) is 1.94. The van der Waals surface area contributed by atoms with Gasteiger partial charge in [0.15, 0.2) is 0 Å². The Labute approximate surface area is 174 Å². The van der Waals surface area contributed by atoms with Crippen molar-refractivity contribution in [2.75, 3.05) is 0 Å². The van der Waals surface area contributed by atoms with Gasteiger partial charge < -0.3 is 13.8 Å². The molecule has 0 atom stereocenters. The molecule has 0 aromatic heterocycles. The molecule has 0 aliphatic carbocycles. The maximum atomic E-state index is 5.96. The zero-order valence-corrected chi connectivity index (χ0v) is 15.8. The van der Waals surface area contributed by atoms with Crippen LogP contribution in [0.25, 0.3) is 0 Å². The predicted octanol–water partition coefficient (Wildman–Crippen LogP) is 7.26. The summed E-state index contributed by atoms with van der Waals surface area (Å²) in [5.74, 6) is 0. The van der Waals surface area contributed by atoms with Crippen molar-refractivity contribution < 1.29 is 32.7 Å². The number of hydrogen-bond donors (Lipinski definition) is 0. The van der Waals surface area contributed by atoms with Crippen LogP contribution in [0.15, 0.2) is 0 Å². The molecular weight excluding hydrogens is 338 g/mol. The fraction of sp³-hybridized carbons (Fsp3) is 0.889. The molecule has 4 radical (unpaired) electrons. The maximum Gasteiger partial charge on any atom is 0.109 e. The molecule has 0 aromatic carbocycles. The van der Waals surface area contributed by atoms with E-state index in [9.17, 15) is 0 Å². The average molecular weight is 384 g/mol. The summed E-state index contributed by atoms with van der Waals surface area (Å²) in [6, 6.07) is 0. The molecular formula is C18H46B3Y-2. The van der Waals surface area contributed by atoms with Crippen LogP contribution in [0.3, 0.4) is 0 Å². The van der Waals surface area contributed by atoms with Gasteiger partial charge in [-0.2, -0.15) is 12.8 Å². The molecule has 0 rings (SSSR count). The molecule has 22 heavy (non-hydrogen) atoms. The summed E-state index contributed by atoms with van der Waals surface area (Å²) in [6.07, 6.45) is 15.1. The molecule has 0 spiro atoms. The van der Waals surface area contributed by atoms with E-state index in [0.717, 1.165) is 0 Å². The topological polar surface area (TPSA) is 0 Å². The van der Waals surface area contributed by atoms with Crippen molar-refractivity contribution in [2.24, 2.45) is 0 Å². The molecule has 0 aliphatic heterocycles. The Morgan fingerprint density at radius 2 is 1.41 bits per heavy atom. The van der Waals surface area contributed by atoms with Gasteiger partial charge >= 0.3 is 0 Å². The first-order chi connectivity index (χ1) is 7.81. The van der Waals surface area contributed by atoms with Gasteiger partial charge in [0.25, 0.3) is 0 Å². The Kier molecular flexibility index (Phi) is 75.5. The molecule has 0 heterocycles. The summed E-state index contributed by atoms with van der Waals surface area (Å²) in [4.78, 5) is 0. The van der Waals surface area contributed by atoms with E-state index in [1.54, 1.807) is 0 Å². The summed E-state index contributed by atoms with van der Waals surface area (Å²) in [5.41, 5.74) is 0. The van der Waals surface area contributed by atoms with Gasteiger partial charge in [-0.05, 0) is 0 Å². The van der Waals surface area contributed by atoms with E-state index in [1.165, 1.54) is 63.8 Å². The quantitative estimate of drug-likeness (QED) is 0.189. The molecule has 0 aliphatic rings. The molecule has 0 bridgehead atoms. The molecule has 0 saturated heterocycles. The van der Waals surface area contributed by atoms with Gasteiger partial charge in [0.2, 0.25) is 0 Å². The smallest absolute Gasteiger partial charge is 0.109 e. The second-order valence-electron chi connectivity index (χ2n) is 4.78. The molecule has 0 aromatic rings. The first kappa shape index (κ1) is 43.6. The van der Waals surface area contributed by atoms with E-state index in [-0.39, 0.29) is 69.8 Å². The zero-order valence-electron chi connectivity index (χ0n) is 13.0. The van der Waals surface area contributed by atoms with E-state index in [0.29, 0.717) is 6.60 Å². The Morgan fingerprint density at radius 1 is 0.864 bits per heavy atom. The summed E-state index contributed by atoms with van der Waals surface area (Å²) in [6.45, 7) is 4.89. The minimum atomic E-state index is 0. The summed E-state index contributed by atoms with van der Waals surface area (Å²) in [5, 5.41) is 0. The van der Waals surface area contributed by atoms with E-state index >= 15 is 0 Å². The number of unbranched alkanes of at least 4 members (excludes halogenated alkanes) is 4. The summed E-state index contributed by atoms with van der Waals surface area (Å²) in [7, 11) is 8.38. The van der Waals surface area contributed by atoms with Gasteiger partial charge in [-0.3, -0.25) is 0 Å². The molecule has 0 unspecified atom stereocenters. The second-order valence-corrected chi connectivity index (χ2v) is 4.78. The van der Waals surface area contributed by atoms with Crippen LogP contribution in [0.5, 0.6) is 0 Å². The van der Waals surface area contributed by atoms with Crippen molar-refractivity contribution in [3.05, 3.63) is 13.8 Å². The van der Waals surface area contributed by atoms with Crippen molar-refractivity contribution >= 4 is 21.6 Å². The second kappa shape index (κ2) is 38.1. The summed E-state index contributed by atoms with van der Waals surface area (Å²) >= 11 is 0. The monoisotopic (exact) mass is 384 g/mol. The van der Waals surface area contributed by atoms with Crippen LogP contribution in [0.2, 0.25) is 25.3 Å². The molecule has 0 N–H and O–H groups in total. The number of rotatable bonds is 12. The van der Waals surface area contributed by atoms with Crippen molar-refractivity contribution in [1.29, 1.82) is 0 Å². The van der Waals surface area contributed by atoms with Gasteiger partial charge in [0.1, 0.15) is 7.28 Å². The van der Waals surface area contributed by atoms with Gasteiger partial charge in [-0.1, -0.05) is 94.5 Å². The summed E-state index contributed by atoms with van der Waals surface area (Å²) < 4.78 is 0. The standard InChI is InChI=1S/C13H27B3.4CH4.CH3.Y/c1-3-10-15-11-8-6-5-7-9-13-16(14)12-4-2;;;;;;/h5H,3-4,6-13H2,1-2H3;4*1H4;1H3;/q-1;;;;;-1;. The third kappa shape index (κ3) is 37.5. The maximum absolute atomic E-state index is 5.96. The van der Waals surface area contributed by atoms with E-state index in [4.69, 9.17) is 7.74 Å². The van der Waals surface area contributed by atoms with Crippen molar-refractivity contribution in [3.8, 4) is 0 Å². The minimum Gasteiger partial charge on any atom is -0.358 e. The van der Waals surface area contributed by atoms with Crippen molar-refractivity contribution in [1.82, 2.24) is 0 Å². The molecule has 132 valence electrons. The Balaban J connectivity index is -0.0000000750. The van der Waals surface area contributed by atoms with E-state index < -0.39 is 0 Å². The van der Waals surface area contributed by atoms with Crippen LogP contribution >= 0.6 is 0 Å². The van der Waals surface area contributed by atoms with Gasteiger partial charge in [-0.15, -0.1) is 0 Å². The molecule has 0 nitrogen and oxygen atoms in total. The van der Waals surface area contributed by atoms with Crippen LogP contribution in [0.4, 0.5) is 0 Å². The first-order valence-corrected chi connectivity index (χ1v) is 7.20. The van der Waals surface area contributed by atoms with Crippen LogP contribution in [-0.2, 0) is 32.7 Å². The van der Waals surface area contributed by atoms with Crippen LogP contribution < -0.4 is 0 Å². The zero-order chi connectivity index (χ0) is 12.1. The SMILES string of the molecule is C.C.C.C.[B]B(CCC)CCC[CH-]CCC[B]CCC.[CH3-].[Y]. The average Bonchev–Trinajstić information content (AvgIpc) is 2.27. The largest absolute Gasteiger partial charge is 0.358 e. The first-order valence-electron chi connectivity index (χ1n) is 7.20. The van der Waals surface area contributed by atoms with Gasteiger partial charge in [0, 0.05) is 40.4 Å². The van der Waals surface area contributed by atoms with E-state index in [2.05, 4.69) is 27.5 Å². The Bertz CT molecular complexity index is 136. The molecule has 0 saturated carbocycles. The third-order valence-corrected chi connectivity index (χ3v) is 2.95. The van der Waals surface area contributed by atoms with Crippen LogP contribution in [0.1, 0.15) is 82.1 Å². The molecule has 0 fully saturated rings. The minimum absolute atomic E-state index is 0. The van der Waals surface area contributed by atoms with Crippen molar-refractivity contribution in [2.45, 2.75) is 107 Å². The van der Waals surface area contributed by atoms with Crippen LogP contribution in [0, 0.1) is 13.8 Å². The normalized spacial score (nSPS) is 7.55. The molecule has 4 heteroatoms. The predicted molar refractivity (Wildman–Crippen MR) is 113 cm³/mol. The van der Waals surface area contributed by atoms with Gasteiger partial charge in [-0.25, -0.2) is 0 Å². The van der Waals surface area contributed by atoms with Crippen molar-refractivity contribution in [3.63, 3.8) is 0 Å². The van der Waals surface area contributed by atoms with E-state index in [1.807, 2.05) is 0 Å². The number of hydrogen-bond acceptors (Lipinski definition) is 0. The Morgan fingerprint density at radius 3 is 1.91 bits per heavy atom. The Hall–Kier alpha value is 1.30. The third-order valence-electron chi connectivity index (χ3n) is 2.95. The molecule has 0 amide bonds. The van der Waals surface area contributed by atoms with Crippen LogP contribution in [-0.4, -0.2) is 21.6 Å². The fourth-order valence-corrected chi connectivity index (χ4v) is 1.94. The van der Waals surface area contributed by atoms with Gasteiger partial charge in [0.05, 0.1) is 6.60 Å².